The molecular weight excluding hydrogens is 166 g/mol. The number of hydrogen-bond donors (Lipinski definition) is 2. The highest BCUT2D eigenvalue weighted by atomic mass is 16.3. The molecule has 0 saturated heterocycles. The average Bonchev–Trinajstić information content (AvgIpc) is 2.47. The lowest BCUT2D eigenvalue weighted by molar-refractivity contribution is 0.112. The fraction of sp³-hybridized carbons (Fsp3) is 0.100. The normalized spacial score (nSPS) is 10.5. The highest BCUT2D eigenvalue weighted by Crippen LogP contribution is 2.23. The number of phenols is 1. The van der Waals surface area contributed by atoms with Gasteiger partial charge in [0.1, 0.15) is 5.75 Å². The summed E-state index contributed by atoms with van der Waals surface area (Å²) in [6.07, 6.45) is 0.760. The number of nitrogens with one attached hydrogen (secondary N) is 1. The molecule has 0 aliphatic heterocycles. The molecule has 1 heterocycles. The van der Waals surface area contributed by atoms with Gasteiger partial charge in [0.15, 0.2) is 6.29 Å². The van der Waals surface area contributed by atoms with Crippen molar-refractivity contribution in [3.05, 3.63) is 29.5 Å². The molecule has 2 aromatic rings. The molecule has 0 aliphatic carbocycles. The second kappa shape index (κ2) is 2.62. The number of aromatic amines is 1. The van der Waals surface area contributed by atoms with Crippen LogP contribution in [0.1, 0.15) is 16.1 Å². The van der Waals surface area contributed by atoms with Crippen molar-refractivity contribution in [2.24, 2.45) is 0 Å². The van der Waals surface area contributed by atoms with Crippen LogP contribution in [-0.4, -0.2) is 16.4 Å². The summed E-state index contributed by atoms with van der Waals surface area (Å²) in [5, 5.41) is 10.2. The summed E-state index contributed by atoms with van der Waals surface area (Å²) in [6.45, 7) is 1.88. The molecule has 0 radical (unpaired) electrons. The third-order valence-corrected chi connectivity index (χ3v) is 2.06. The third-order valence-electron chi connectivity index (χ3n) is 2.06. The van der Waals surface area contributed by atoms with E-state index in [1.54, 1.807) is 18.2 Å². The van der Waals surface area contributed by atoms with Gasteiger partial charge >= 0.3 is 0 Å². The lowest BCUT2D eigenvalue weighted by atomic mass is 10.1. The molecule has 0 saturated carbocycles. The number of carbonyl (C=O) groups is 1. The zero-order chi connectivity index (χ0) is 9.42. The lowest BCUT2D eigenvalue weighted by Crippen LogP contribution is -1.78. The Hall–Kier alpha value is -1.77. The van der Waals surface area contributed by atoms with Gasteiger partial charge in [-0.05, 0) is 30.7 Å². The quantitative estimate of drug-likeness (QED) is 0.651. The zero-order valence-corrected chi connectivity index (χ0v) is 7.16. The van der Waals surface area contributed by atoms with Crippen molar-refractivity contribution in [2.45, 2.75) is 6.92 Å². The second-order valence-electron chi connectivity index (χ2n) is 3.07. The van der Waals surface area contributed by atoms with Gasteiger partial charge in [0.05, 0.1) is 5.69 Å². The summed E-state index contributed by atoms with van der Waals surface area (Å²) < 4.78 is 0. The van der Waals surface area contributed by atoms with Crippen molar-refractivity contribution >= 4 is 17.2 Å². The van der Waals surface area contributed by atoms with Gasteiger partial charge in [-0.2, -0.15) is 0 Å². The number of benzene rings is 1. The molecule has 0 bridgehead atoms. The predicted octanol–water partition coefficient (Wildman–Crippen LogP) is 1.99. The number of aldehydes is 1. The van der Waals surface area contributed by atoms with Gasteiger partial charge in [-0.3, -0.25) is 4.79 Å². The van der Waals surface area contributed by atoms with Crippen LogP contribution in [0.15, 0.2) is 18.2 Å². The first-order valence-corrected chi connectivity index (χ1v) is 3.98. The number of aromatic hydroxyl groups is 1. The van der Waals surface area contributed by atoms with E-state index in [1.807, 2.05) is 6.92 Å². The molecule has 0 amide bonds. The van der Waals surface area contributed by atoms with E-state index in [9.17, 15) is 9.90 Å². The van der Waals surface area contributed by atoms with E-state index in [-0.39, 0.29) is 5.75 Å². The van der Waals surface area contributed by atoms with Gasteiger partial charge in [0.2, 0.25) is 0 Å². The Morgan fingerprint density at radius 3 is 2.85 bits per heavy atom. The van der Waals surface area contributed by atoms with Gasteiger partial charge < -0.3 is 10.1 Å². The standard InChI is InChI=1S/C10H9NO2/c1-6-2-9(13)4-7-3-8(5-12)11-10(6)7/h2-5,11,13H,1H3. The summed E-state index contributed by atoms with van der Waals surface area (Å²) in [4.78, 5) is 13.4. The molecule has 0 atom stereocenters. The Bertz CT molecular complexity index is 471. The molecule has 3 nitrogen and oxygen atoms in total. The largest absolute Gasteiger partial charge is 0.508 e. The predicted molar refractivity (Wildman–Crippen MR) is 50.1 cm³/mol. The maximum absolute atomic E-state index is 10.5. The molecular formula is C10H9NO2. The minimum Gasteiger partial charge on any atom is -0.508 e. The number of hydrogen-bond acceptors (Lipinski definition) is 2. The summed E-state index contributed by atoms with van der Waals surface area (Å²) in [6, 6.07) is 5.01. The lowest BCUT2D eigenvalue weighted by Gasteiger charge is -1.96. The molecule has 66 valence electrons. The van der Waals surface area contributed by atoms with Crippen molar-refractivity contribution in [1.29, 1.82) is 0 Å². The van der Waals surface area contributed by atoms with Crippen LogP contribution < -0.4 is 0 Å². The summed E-state index contributed by atoms with van der Waals surface area (Å²) in [5.41, 5.74) is 2.37. The van der Waals surface area contributed by atoms with Crippen LogP contribution in [0.3, 0.4) is 0 Å². The van der Waals surface area contributed by atoms with Crippen molar-refractivity contribution in [3.8, 4) is 5.75 Å². The minimum absolute atomic E-state index is 0.224. The first-order chi connectivity index (χ1) is 6.20. The molecule has 0 spiro atoms. The van der Waals surface area contributed by atoms with E-state index < -0.39 is 0 Å². The molecule has 0 aliphatic rings. The van der Waals surface area contributed by atoms with E-state index in [1.165, 1.54) is 0 Å². The molecule has 2 N–H and O–H groups in total. The smallest absolute Gasteiger partial charge is 0.166 e. The molecule has 0 unspecified atom stereocenters. The van der Waals surface area contributed by atoms with Crippen molar-refractivity contribution in [1.82, 2.24) is 4.98 Å². The first-order valence-electron chi connectivity index (χ1n) is 3.98. The number of aryl methyl sites for hydroxylation is 1. The monoisotopic (exact) mass is 175 g/mol. The van der Waals surface area contributed by atoms with E-state index in [4.69, 9.17) is 0 Å². The van der Waals surface area contributed by atoms with E-state index in [0.29, 0.717) is 5.69 Å². The van der Waals surface area contributed by atoms with Gasteiger partial charge in [-0.15, -0.1) is 0 Å². The molecule has 13 heavy (non-hydrogen) atoms. The summed E-state index contributed by atoms with van der Waals surface area (Å²) in [5.74, 6) is 0.224. The average molecular weight is 175 g/mol. The van der Waals surface area contributed by atoms with E-state index >= 15 is 0 Å². The molecule has 1 aromatic carbocycles. The maximum Gasteiger partial charge on any atom is 0.166 e. The minimum atomic E-state index is 0.224. The highest BCUT2D eigenvalue weighted by Gasteiger charge is 2.03. The Balaban J connectivity index is 2.82. The van der Waals surface area contributed by atoms with Gasteiger partial charge in [0, 0.05) is 10.9 Å². The molecule has 3 heteroatoms. The number of carbonyl (C=O) groups excluding carboxylic acids is 1. The van der Waals surface area contributed by atoms with Gasteiger partial charge in [-0.25, -0.2) is 0 Å². The fourth-order valence-electron chi connectivity index (χ4n) is 1.49. The second-order valence-corrected chi connectivity index (χ2v) is 3.07. The Morgan fingerprint density at radius 2 is 2.15 bits per heavy atom. The van der Waals surface area contributed by atoms with Crippen molar-refractivity contribution in [3.63, 3.8) is 0 Å². The van der Waals surface area contributed by atoms with E-state index in [2.05, 4.69) is 4.98 Å². The van der Waals surface area contributed by atoms with Crippen molar-refractivity contribution < 1.29 is 9.90 Å². The van der Waals surface area contributed by atoms with E-state index in [0.717, 1.165) is 22.8 Å². The molecule has 2 rings (SSSR count). The van der Waals surface area contributed by atoms with Crippen molar-refractivity contribution in [2.75, 3.05) is 0 Å². The number of fused-ring (bicyclic) bond motifs is 1. The maximum atomic E-state index is 10.5. The van der Waals surface area contributed by atoms with Crippen LogP contribution >= 0.6 is 0 Å². The number of rotatable bonds is 1. The van der Waals surface area contributed by atoms with Crippen LogP contribution in [-0.2, 0) is 0 Å². The van der Waals surface area contributed by atoms with Crippen LogP contribution in [0.5, 0.6) is 5.75 Å². The van der Waals surface area contributed by atoms with Crippen LogP contribution in [0, 0.1) is 6.92 Å². The fourth-order valence-corrected chi connectivity index (χ4v) is 1.49. The van der Waals surface area contributed by atoms with Gasteiger partial charge in [-0.1, -0.05) is 0 Å². The zero-order valence-electron chi connectivity index (χ0n) is 7.16. The summed E-state index contributed by atoms with van der Waals surface area (Å²) in [7, 11) is 0. The van der Waals surface area contributed by atoms with Crippen LogP contribution in [0.4, 0.5) is 0 Å². The number of phenolic OH excluding ortho intramolecular Hbond substituents is 1. The van der Waals surface area contributed by atoms with Gasteiger partial charge in [0.25, 0.3) is 0 Å². The number of aromatic nitrogens is 1. The Morgan fingerprint density at radius 1 is 1.38 bits per heavy atom. The van der Waals surface area contributed by atoms with Crippen LogP contribution in [0.25, 0.3) is 10.9 Å². The Kier molecular flexibility index (Phi) is 1.59. The van der Waals surface area contributed by atoms with Crippen LogP contribution in [0.2, 0.25) is 0 Å². The third kappa shape index (κ3) is 1.18. The number of H-pyrrole nitrogens is 1. The molecule has 0 fully saturated rings. The SMILES string of the molecule is Cc1cc(O)cc2cc(C=O)[nH]c12. The first kappa shape index (κ1) is 7.86. The highest BCUT2D eigenvalue weighted by molar-refractivity contribution is 5.90. The summed E-state index contributed by atoms with van der Waals surface area (Å²) >= 11 is 0. The molecule has 1 aromatic heterocycles. The topological polar surface area (TPSA) is 53.1 Å². The Labute approximate surface area is 75.0 Å².